The lowest BCUT2D eigenvalue weighted by Gasteiger charge is -2.25. The lowest BCUT2D eigenvalue weighted by atomic mass is 10.4. The minimum atomic E-state index is -0.128. The molecule has 1 aliphatic heterocycles. The molecule has 2 heterocycles. The maximum absolute atomic E-state index is 11.6. The molecule has 0 saturated carbocycles. The predicted molar refractivity (Wildman–Crippen MR) is 66.4 cm³/mol. The summed E-state index contributed by atoms with van der Waals surface area (Å²) in [6.07, 6.45) is 1.49. The zero-order valence-electron chi connectivity index (χ0n) is 10.4. The van der Waals surface area contributed by atoms with E-state index in [0.717, 1.165) is 18.8 Å². The van der Waals surface area contributed by atoms with Crippen LogP contribution in [0.25, 0.3) is 0 Å². The van der Waals surface area contributed by atoms with Gasteiger partial charge in [-0.1, -0.05) is 0 Å². The van der Waals surface area contributed by atoms with Crippen LogP contribution in [0.2, 0.25) is 0 Å². The minimum absolute atomic E-state index is 0.128. The van der Waals surface area contributed by atoms with Crippen molar-refractivity contribution < 1.29 is 13.9 Å². The molecule has 0 bridgehead atoms. The predicted octanol–water partition coefficient (Wildman–Crippen LogP) is 0.370. The molecule has 1 aromatic heterocycles. The molecular formula is C12H17N3O3. The number of carbonyl (C=O) groups is 1. The molecule has 0 radical (unpaired) electrons. The highest BCUT2D eigenvalue weighted by Crippen LogP contribution is 2.02. The Morgan fingerprint density at radius 1 is 1.50 bits per heavy atom. The first-order valence-electron chi connectivity index (χ1n) is 5.92. The monoisotopic (exact) mass is 251 g/mol. The van der Waals surface area contributed by atoms with Gasteiger partial charge < -0.3 is 9.15 Å². The molecule has 1 N–H and O–H groups in total. The highest BCUT2D eigenvalue weighted by Gasteiger charge is 2.13. The summed E-state index contributed by atoms with van der Waals surface area (Å²) < 4.78 is 10.5. The second kappa shape index (κ2) is 6.32. The van der Waals surface area contributed by atoms with Crippen molar-refractivity contribution in [2.45, 2.75) is 6.92 Å². The van der Waals surface area contributed by atoms with E-state index in [2.05, 4.69) is 10.5 Å². The zero-order chi connectivity index (χ0) is 12.8. The summed E-state index contributed by atoms with van der Waals surface area (Å²) in [6, 6.07) is 3.64. The van der Waals surface area contributed by atoms with E-state index in [0.29, 0.717) is 25.5 Å². The molecule has 1 saturated heterocycles. The Kier molecular flexibility index (Phi) is 4.49. The number of furan rings is 1. The maximum Gasteiger partial charge on any atom is 0.254 e. The standard InChI is InChI=1S/C12H17N3O3/c1-10-2-3-11(18-10)8-13-14-12(16)9-15-4-6-17-7-5-15/h2-3,8H,4-7,9H2,1H3,(H,14,16). The molecule has 6 nitrogen and oxygen atoms in total. The van der Waals surface area contributed by atoms with Crippen LogP contribution in [0, 0.1) is 6.92 Å². The van der Waals surface area contributed by atoms with Crippen LogP contribution in [0.4, 0.5) is 0 Å². The fraction of sp³-hybridized carbons (Fsp3) is 0.500. The topological polar surface area (TPSA) is 67.1 Å². The summed E-state index contributed by atoms with van der Waals surface area (Å²) in [6.45, 7) is 5.14. The lowest BCUT2D eigenvalue weighted by molar-refractivity contribution is -0.123. The van der Waals surface area contributed by atoms with Gasteiger partial charge in [-0.25, -0.2) is 5.43 Å². The van der Waals surface area contributed by atoms with E-state index >= 15 is 0 Å². The van der Waals surface area contributed by atoms with Gasteiger partial charge in [0.25, 0.3) is 5.91 Å². The first-order valence-corrected chi connectivity index (χ1v) is 5.92. The molecule has 0 aromatic carbocycles. The van der Waals surface area contributed by atoms with Gasteiger partial charge in [-0.15, -0.1) is 0 Å². The number of amides is 1. The van der Waals surface area contributed by atoms with Crippen LogP contribution >= 0.6 is 0 Å². The summed E-state index contributed by atoms with van der Waals surface area (Å²) in [5, 5.41) is 3.84. The van der Waals surface area contributed by atoms with Crippen molar-refractivity contribution in [3.05, 3.63) is 23.7 Å². The summed E-state index contributed by atoms with van der Waals surface area (Å²) in [5.74, 6) is 1.31. The molecule has 6 heteroatoms. The van der Waals surface area contributed by atoms with Crippen molar-refractivity contribution in [1.29, 1.82) is 0 Å². The number of rotatable bonds is 4. The van der Waals surface area contributed by atoms with E-state index in [9.17, 15) is 4.79 Å². The van der Waals surface area contributed by atoms with E-state index in [1.165, 1.54) is 6.21 Å². The molecule has 18 heavy (non-hydrogen) atoms. The van der Waals surface area contributed by atoms with E-state index < -0.39 is 0 Å². The molecule has 0 atom stereocenters. The second-order valence-corrected chi connectivity index (χ2v) is 4.13. The van der Waals surface area contributed by atoms with Crippen molar-refractivity contribution in [1.82, 2.24) is 10.3 Å². The van der Waals surface area contributed by atoms with Crippen LogP contribution in [0.1, 0.15) is 11.5 Å². The van der Waals surface area contributed by atoms with Crippen LogP contribution in [-0.4, -0.2) is 49.9 Å². The van der Waals surface area contributed by atoms with Crippen LogP contribution in [-0.2, 0) is 9.53 Å². The van der Waals surface area contributed by atoms with Crippen molar-refractivity contribution in [3.8, 4) is 0 Å². The van der Waals surface area contributed by atoms with Crippen molar-refractivity contribution in [3.63, 3.8) is 0 Å². The van der Waals surface area contributed by atoms with Crippen molar-refractivity contribution in [2.75, 3.05) is 32.8 Å². The SMILES string of the molecule is Cc1ccc(C=NNC(=O)CN2CCOCC2)o1. The fourth-order valence-electron chi connectivity index (χ4n) is 1.69. The number of hydrogen-bond acceptors (Lipinski definition) is 5. The Labute approximate surface area is 106 Å². The third-order valence-corrected chi connectivity index (χ3v) is 2.61. The highest BCUT2D eigenvalue weighted by atomic mass is 16.5. The van der Waals surface area contributed by atoms with Gasteiger partial charge in [0.1, 0.15) is 11.5 Å². The van der Waals surface area contributed by atoms with E-state index in [-0.39, 0.29) is 5.91 Å². The van der Waals surface area contributed by atoms with Crippen molar-refractivity contribution >= 4 is 12.1 Å². The smallest absolute Gasteiger partial charge is 0.254 e. The number of morpholine rings is 1. The number of hydrazone groups is 1. The summed E-state index contributed by atoms with van der Waals surface area (Å²) in [4.78, 5) is 13.6. The number of hydrogen-bond donors (Lipinski definition) is 1. The number of aryl methyl sites for hydroxylation is 1. The van der Waals surface area contributed by atoms with E-state index in [1.54, 1.807) is 6.07 Å². The molecule has 0 unspecified atom stereocenters. The normalized spacial score (nSPS) is 17.2. The summed E-state index contributed by atoms with van der Waals surface area (Å²) in [5.41, 5.74) is 2.48. The van der Waals surface area contributed by atoms with Crippen LogP contribution < -0.4 is 5.43 Å². The van der Waals surface area contributed by atoms with Gasteiger partial charge in [0.05, 0.1) is 26.0 Å². The van der Waals surface area contributed by atoms with Gasteiger partial charge in [0, 0.05) is 13.1 Å². The van der Waals surface area contributed by atoms with Crippen LogP contribution in [0.15, 0.2) is 21.7 Å². The number of nitrogens with one attached hydrogen (secondary N) is 1. The number of ether oxygens (including phenoxy) is 1. The first-order chi connectivity index (χ1) is 8.74. The lowest BCUT2D eigenvalue weighted by Crippen LogP contribution is -2.42. The third-order valence-electron chi connectivity index (χ3n) is 2.61. The van der Waals surface area contributed by atoms with Crippen LogP contribution in [0.5, 0.6) is 0 Å². The van der Waals surface area contributed by atoms with Gasteiger partial charge in [0.2, 0.25) is 0 Å². The van der Waals surface area contributed by atoms with Gasteiger partial charge in [-0.3, -0.25) is 9.69 Å². The van der Waals surface area contributed by atoms with Gasteiger partial charge in [-0.2, -0.15) is 5.10 Å². The average Bonchev–Trinajstić information content (AvgIpc) is 2.76. The van der Waals surface area contributed by atoms with E-state index in [1.807, 2.05) is 17.9 Å². The average molecular weight is 251 g/mol. The third kappa shape index (κ3) is 3.97. The maximum atomic E-state index is 11.6. The molecule has 1 aromatic rings. The largest absolute Gasteiger partial charge is 0.460 e. The van der Waals surface area contributed by atoms with E-state index in [4.69, 9.17) is 9.15 Å². The van der Waals surface area contributed by atoms with Crippen molar-refractivity contribution in [2.24, 2.45) is 5.10 Å². The molecule has 0 aliphatic carbocycles. The molecule has 2 rings (SSSR count). The summed E-state index contributed by atoms with van der Waals surface area (Å²) >= 11 is 0. The van der Waals surface area contributed by atoms with Gasteiger partial charge in [0.15, 0.2) is 0 Å². The zero-order valence-corrected chi connectivity index (χ0v) is 10.4. The fourth-order valence-corrected chi connectivity index (χ4v) is 1.69. The van der Waals surface area contributed by atoms with Crippen LogP contribution in [0.3, 0.4) is 0 Å². The number of nitrogens with zero attached hydrogens (tertiary/aromatic N) is 2. The molecule has 0 spiro atoms. The number of carbonyl (C=O) groups excluding carboxylic acids is 1. The van der Waals surface area contributed by atoms with Gasteiger partial charge in [-0.05, 0) is 19.1 Å². The molecule has 1 fully saturated rings. The Balaban J connectivity index is 1.72. The quantitative estimate of drug-likeness (QED) is 0.620. The Morgan fingerprint density at radius 3 is 2.94 bits per heavy atom. The molecule has 98 valence electrons. The molecule has 1 aliphatic rings. The van der Waals surface area contributed by atoms with Gasteiger partial charge >= 0.3 is 0 Å². The second-order valence-electron chi connectivity index (χ2n) is 4.13. The highest BCUT2D eigenvalue weighted by molar-refractivity contribution is 5.81. The Bertz CT molecular complexity index is 422. The first kappa shape index (κ1) is 12.8. The Morgan fingerprint density at radius 2 is 2.28 bits per heavy atom. The summed E-state index contributed by atoms with van der Waals surface area (Å²) in [7, 11) is 0. The minimum Gasteiger partial charge on any atom is -0.460 e. The Hall–Kier alpha value is -1.66. The molecule has 1 amide bonds. The molecular weight excluding hydrogens is 234 g/mol.